The zero-order valence-electron chi connectivity index (χ0n) is 7.43. The Morgan fingerprint density at radius 3 is 2.36 bits per heavy atom. The molecule has 0 aliphatic rings. The Hall–Kier alpha value is -0.120. The third-order valence-electron chi connectivity index (χ3n) is 2.08. The first-order valence-electron chi connectivity index (χ1n) is 4.11. The molecule has 0 bridgehead atoms. The average Bonchev–Trinajstić information content (AvgIpc) is 2.05. The van der Waals surface area contributed by atoms with Crippen LogP contribution in [0.4, 0.5) is 0 Å². The standard InChI is InChI=1S/C8H19NO2/c1-3-8(2,7-11)6-9-4-5-10/h9-11H,3-7H2,1-2H3. The van der Waals surface area contributed by atoms with Gasteiger partial charge >= 0.3 is 0 Å². The monoisotopic (exact) mass is 161 g/mol. The number of hydrogen-bond acceptors (Lipinski definition) is 3. The van der Waals surface area contributed by atoms with Crippen LogP contribution in [-0.2, 0) is 0 Å². The van der Waals surface area contributed by atoms with E-state index in [0.717, 1.165) is 13.0 Å². The van der Waals surface area contributed by atoms with Gasteiger partial charge in [0.25, 0.3) is 0 Å². The van der Waals surface area contributed by atoms with Gasteiger partial charge < -0.3 is 15.5 Å². The maximum absolute atomic E-state index is 8.98. The van der Waals surface area contributed by atoms with Crippen molar-refractivity contribution in [2.24, 2.45) is 5.41 Å². The van der Waals surface area contributed by atoms with Gasteiger partial charge in [-0.25, -0.2) is 0 Å². The first-order chi connectivity index (χ1) is 5.18. The molecule has 0 aromatic rings. The lowest BCUT2D eigenvalue weighted by Crippen LogP contribution is -2.35. The number of aliphatic hydroxyl groups excluding tert-OH is 2. The SMILES string of the molecule is CCC(C)(CO)CNCCO. The second-order valence-electron chi connectivity index (χ2n) is 3.22. The molecule has 0 rings (SSSR count). The van der Waals surface area contributed by atoms with E-state index in [1.54, 1.807) is 0 Å². The fourth-order valence-electron chi connectivity index (χ4n) is 0.762. The third-order valence-corrected chi connectivity index (χ3v) is 2.08. The summed E-state index contributed by atoms with van der Waals surface area (Å²) < 4.78 is 0. The molecule has 0 aliphatic heterocycles. The van der Waals surface area contributed by atoms with Crippen LogP contribution in [0.5, 0.6) is 0 Å². The van der Waals surface area contributed by atoms with Crippen LogP contribution < -0.4 is 5.32 Å². The van der Waals surface area contributed by atoms with Gasteiger partial charge in [-0.15, -0.1) is 0 Å². The van der Waals surface area contributed by atoms with Gasteiger partial charge in [-0.2, -0.15) is 0 Å². The summed E-state index contributed by atoms with van der Waals surface area (Å²) in [4.78, 5) is 0. The molecule has 3 nitrogen and oxygen atoms in total. The molecule has 0 aromatic heterocycles. The van der Waals surface area contributed by atoms with Crippen molar-refractivity contribution in [1.82, 2.24) is 5.32 Å². The number of nitrogens with one attached hydrogen (secondary N) is 1. The molecule has 11 heavy (non-hydrogen) atoms. The van der Waals surface area contributed by atoms with E-state index in [1.807, 2.05) is 6.92 Å². The Morgan fingerprint density at radius 2 is 2.00 bits per heavy atom. The highest BCUT2D eigenvalue weighted by Gasteiger charge is 2.19. The Kier molecular flexibility index (Phi) is 5.46. The lowest BCUT2D eigenvalue weighted by Gasteiger charge is -2.25. The van der Waals surface area contributed by atoms with Crippen LogP contribution in [0.15, 0.2) is 0 Å². The molecule has 0 saturated carbocycles. The normalized spacial score (nSPS) is 16.4. The summed E-state index contributed by atoms with van der Waals surface area (Å²) in [6.07, 6.45) is 0.946. The number of rotatable bonds is 6. The molecule has 1 unspecified atom stereocenters. The second-order valence-corrected chi connectivity index (χ2v) is 3.22. The van der Waals surface area contributed by atoms with E-state index in [2.05, 4.69) is 12.2 Å². The summed E-state index contributed by atoms with van der Waals surface area (Å²) in [5.41, 5.74) is -0.0326. The second kappa shape index (κ2) is 5.52. The highest BCUT2D eigenvalue weighted by atomic mass is 16.3. The summed E-state index contributed by atoms with van der Waals surface area (Å²) >= 11 is 0. The fraction of sp³-hybridized carbons (Fsp3) is 1.00. The van der Waals surface area contributed by atoms with Crippen molar-refractivity contribution >= 4 is 0 Å². The predicted molar refractivity (Wildman–Crippen MR) is 45.4 cm³/mol. The van der Waals surface area contributed by atoms with Crippen molar-refractivity contribution in [1.29, 1.82) is 0 Å². The Bertz CT molecular complexity index is 92.1. The highest BCUT2D eigenvalue weighted by molar-refractivity contribution is 4.73. The predicted octanol–water partition coefficient (Wildman–Crippen LogP) is -0.0231. The van der Waals surface area contributed by atoms with E-state index in [9.17, 15) is 0 Å². The van der Waals surface area contributed by atoms with E-state index in [1.165, 1.54) is 0 Å². The van der Waals surface area contributed by atoms with Crippen LogP contribution in [0, 0.1) is 5.41 Å². The highest BCUT2D eigenvalue weighted by Crippen LogP contribution is 2.17. The van der Waals surface area contributed by atoms with Crippen LogP contribution in [0.2, 0.25) is 0 Å². The quantitative estimate of drug-likeness (QED) is 0.480. The molecule has 0 aliphatic carbocycles. The van der Waals surface area contributed by atoms with Gasteiger partial charge in [-0.3, -0.25) is 0 Å². The summed E-state index contributed by atoms with van der Waals surface area (Å²) in [7, 11) is 0. The molecule has 0 heterocycles. The number of aliphatic hydroxyl groups is 2. The zero-order chi connectivity index (χ0) is 8.74. The van der Waals surface area contributed by atoms with Gasteiger partial charge in [0.1, 0.15) is 0 Å². The van der Waals surface area contributed by atoms with Gasteiger partial charge in [0, 0.05) is 25.1 Å². The smallest absolute Gasteiger partial charge is 0.0555 e. The van der Waals surface area contributed by atoms with Crippen LogP contribution in [0.3, 0.4) is 0 Å². The van der Waals surface area contributed by atoms with Gasteiger partial charge in [0.15, 0.2) is 0 Å². The molecule has 0 fully saturated rings. The van der Waals surface area contributed by atoms with Gasteiger partial charge in [0.05, 0.1) is 6.61 Å². The minimum Gasteiger partial charge on any atom is -0.396 e. The van der Waals surface area contributed by atoms with E-state index in [4.69, 9.17) is 10.2 Å². The number of hydrogen-bond donors (Lipinski definition) is 3. The van der Waals surface area contributed by atoms with E-state index >= 15 is 0 Å². The van der Waals surface area contributed by atoms with Crippen LogP contribution in [-0.4, -0.2) is 36.5 Å². The van der Waals surface area contributed by atoms with Crippen LogP contribution in [0.1, 0.15) is 20.3 Å². The maximum Gasteiger partial charge on any atom is 0.0555 e. The van der Waals surface area contributed by atoms with Gasteiger partial charge in [-0.05, 0) is 6.42 Å². The lowest BCUT2D eigenvalue weighted by molar-refractivity contribution is 0.133. The van der Waals surface area contributed by atoms with Gasteiger partial charge in [0.2, 0.25) is 0 Å². The van der Waals surface area contributed by atoms with Crippen molar-refractivity contribution in [3.8, 4) is 0 Å². The molecule has 0 radical (unpaired) electrons. The Labute approximate surface area is 68.4 Å². The van der Waals surface area contributed by atoms with Crippen molar-refractivity contribution in [2.45, 2.75) is 20.3 Å². The largest absolute Gasteiger partial charge is 0.396 e. The summed E-state index contributed by atoms with van der Waals surface area (Å²) in [5, 5.41) is 20.5. The molecule has 0 saturated heterocycles. The van der Waals surface area contributed by atoms with Crippen LogP contribution >= 0.6 is 0 Å². The van der Waals surface area contributed by atoms with Crippen molar-refractivity contribution in [3.63, 3.8) is 0 Å². The van der Waals surface area contributed by atoms with E-state index < -0.39 is 0 Å². The Morgan fingerprint density at radius 1 is 1.36 bits per heavy atom. The first kappa shape index (κ1) is 10.9. The van der Waals surface area contributed by atoms with Crippen molar-refractivity contribution in [3.05, 3.63) is 0 Å². The minimum absolute atomic E-state index is 0.0326. The summed E-state index contributed by atoms with van der Waals surface area (Å²) in [6, 6.07) is 0. The van der Waals surface area contributed by atoms with Crippen molar-refractivity contribution < 1.29 is 10.2 Å². The Balaban J connectivity index is 3.51. The first-order valence-corrected chi connectivity index (χ1v) is 4.11. The molecule has 68 valence electrons. The fourth-order valence-corrected chi connectivity index (χ4v) is 0.762. The average molecular weight is 161 g/mol. The molecule has 1 atom stereocenters. The summed E-state index contributed by atoms with van der Waals surface area (Å²) in [6.45, 7) is 5.80. The molecule has 0 spiro atoms. The summed E-state index contributed by atoms with van der Waals surface area (Å²) in [5.74, 6) is 0. The topological polar surface area (TPSA) is 52.5 Å². The van der Waals surface area contributed by atoms with Gasteiger partial charge in [-0.1, -0.05) is 13.8 Å². The zero-order valence-corrected chi connectivity index (χ0v) is 7.43. The van der Waals surface area contributed by atoms with E-state index in [-0.39, 0.29) is 18.6 Å². The third kappa shape index (κ3) is 4.35. The molecular formula is C8H19NO2. The molecule has 0 amide bonds. The molecule has 3 heteroatoms. The molecule has 0 aromatic carbocycles. The molecule has 3 N–H and O–H groups in total. The van der Waals surface area contributed by atoms with E-state index in [0.29, 0.717) is 6.54 Å². The lowest BCUT2D eigenvalue weighted by atomic mass is 9.89. The van der Waals surface area contributed by atoms with Crippen LogP contribution in [0.25, 0.3) is 0 Å². The minimum atomic E-state index is -0.0326. The maximum atomic E-state index is 8.98. The van der Waals surface area contributed by atoms with Crippen molar-refractivity contribution in [2.75, 3.05) is 26.3 Å². The molecular weight excluding hydrogens is 142 g/mol.